The lowest BCUT2D eigenvalue weighted by Gasteiger charge is -2.14. The molecule has 0 aromatic heterocycles. The fraction of sp³-hybridized carbons (Fsp3) is 0.500. The third-order valence-electron chi connectivity index (χ3n) is 2.42. The zero-order valence-electron chi connectivity index (χ0n) is 9.51. The minimum absolute atomic E-state index is 0.00628. The van der Waals surface area contributed by atoms with Crippen molar-refractivity contribution in [1.82, 2.24) is 0 Å². The SMILES string of the molecule is FC(F)(F)SCCC(CCl)Cc1cccc(Cl)c1. The van der Waals surface area contributed by atoms with Crippen LogP contribution in [0.1, 0.15) is 12.0 Å². The molecule has 0 N–H and O–H groups in total. The summed E-state index contributed by atoms with van der Waals surface area (Å²) in [5, 5.41) is 0.630. The first kappa shape index (κ1) is 16.0. The Balaban J connectivity index is 2.42. The molecule has 1 aromatic rings. The van der Waals surface area contributed by atoms with Gasteiger partial charge in [0.15, 0.2) is 0 Å². The van der Waals surface area contributed by atoms with Gasteiger partial charge in [0.25, 0.3) is 0 Å². The highest BCUT2D eigenvalue weighted by Crippen LogP contribution is 2.31. The lowest BCUT2D eigenvalue weighted by molar-refractivity contribution is -0.0328. The van der Waals surface area contributed by atoms with E-state index >= 15 is 0 Å². The van der Waals surface area contributed by atoms with E-state index in [-0.39, 0.29) is 23.4 Å². The second-order valence-electron chi connectivity index (χ2n) is 3.94. The van der Waals surface area contributed by atoms with Gasteiger partial charge < -0.3 is 0 Å². The van der Waals surface area contributed by atoms with Crippen molar-refractivity contribution < 1.29 is 13.2 Å². The van der Waals surface area contributed by atoms with E-state index in [0.29, 0.717) is 23.7 Å². The number of halogens is 5. The van der Waals surface area contributed by atoms with Crippen molar-refractivity contribution in [2.45, 2.75) is 18.3 Å². The molecule has 0 fully saturated rings. The van der Waals surface area contributed by atoms with E-state index in [0.717, 1.165) is 5.56 Å². The molecule has 0 nitrogen and oxygen atoms in total. The summed E-state index contributed by atoms with van der Waals surface area (Å²) in [5.74, 6) is 0.437. The van der Waals surface area contributed by atoms with Gasteiger partial charge in [0.1, 0.15) is 0 Å². The number of hydrogen-bond donors (Lipinski definition) is 0. The van der Waals surface area contributed by atoms with E-state index in [4.69, 9.17) is 23.2 Å². The molecule has 0 aliphatic heterocycles. The van der Waals surface area contributed by atoms with Gasteiger partial charge in [-0.2, -0.15) is 13.2 Å². The highest BCUT2D eigenvalue weighted by molar-refractivity contribution is 8.00. The molecule has 0 aliphatic rings. The quantitative estimate of drug-likeness (QED) is 0.635. The predicted octanol–water partition coefficient (Wildman–Crippen LogP) is 5.38. The molecule has 0 amide bonds. The first-order valence-electron chi connectivity index (χ1n) is 5.42. The molecule has 6 heteroatoms. The maximum absolute atomic E-state index is 12.0. The average molecular weight is 317 g/mol. The lowest BCUT2D eigenvalue weighted by atomic mass is 9.99. The first-order valence-corrected chi connectivity index (χ1v) is 7.31. The Bertz CT molecular complexity index is 369. The van der Waals surface area contributed by atoms with Crippen molar-refractivity contribution in [3.05, 3.63) is 34.9 Å². The van der Waals surface area contributed by atoms with Crippen molar-refractivity contribution in [2.75, 3.05) is 11.6 Å². The Labute approximate surface area is 119 Å². The van der Waals surface area contributed by atoms with Crippen LogP contribution < -0.4 is 0 Å². The minimum atomic E-state index is -4.16. The van der Waals surface area contributed by atoms with Crippen molar-refractivity contribution in [3.8, 4) is 0 Å². The fourth-order valence-corrected chi connectivity index (χ4v) is 2.73. The summed E-state index contributed by atoms with van der Waals surface area (Å²) < 4.78 is 36.0. The molecule has 0 aliphatic carbocycles. The molecule has 0 saturated carbocycles. The van der Waals surface area contributed by atoms with Crippen LogP contribution in [-0.2, 0) is 6.42 Å². The first-order chi connectivity index (χ1) is 8.40. The smallest absolute Gasteiger partial charge is 0.160 e. The highest BCUT2D eigenvalue weighted by atomic mass is 35.5. The van der Waals surface area contributed by atoms with Gasteiger partial charge in [-0.1, -0.05) is 35.5 Å². The largest absolute Gasteiger partial charge is 0.441 e. The zero-order valence-corrected chi connectivity index (χ0v) is 11.8. The van der Waals surface area contributed by atoms with Gasteiger partial charge in [-0.05, 0) is 36.5 Å². The van der Waals surface area contributed by atoms with Crippen LogP contribution in [0.3, 0.4) is 0 Å². The van der Waals surface area contributed by atoms with Crippen molar-refractivity contribution in [3.63, 3.8) is 0 Å². The van der Waals surface area contributed by atoms with Crippen LogP contribution in [0.4, 0.5) is 13.2 Å². The molecular formula is C12H13Cl2F3S. The summed E-state index contributed by atoms with van der Waals surface area (Å²) in [6.07, 6.45) is 1.10. The summed E-state index contributed by atoms with van der Waals surface area (Å²) >= 11 is 11.6. The van der Waals surface area contributed by atoms with Gasteiger partial charge in [0.2, 0.25) is 0 Å². The van der Waals surface area contributed by atoms with Crippen LogP contribution in [0.15, 0.2) is 24.3 Å². The normalized spacial score (nSPS) is 13.6. The Morgan fingerprint density at radius 2 is 2.00 bits per heavy atom. The molecule has 0 heterocycles. The Morgan fingerprint density at radius 3 is 2.56 bits per heavy atom. The Morgan fingerprint density at radius 1 is 1.28 bits per heavy atom. The number of hydrogen-bond acceptors (Lipinski definition) is 1. The third-order valence-corrected chi connectivity index (χ3v) is 3.86. The molecular weight excluding hydrogens is 304 g/mol. The van der Waals surface area contributed by atoms with E-state index in [1.807, 2.05) is 18.2 Å². The van der Waals surface area contributed by atoms with Crippen LogP contribution in [0.2, 0.25) is 5.02 Å². The van der Waals surface area contributed by atoms with Gasteiger partial charge in [0, 0.05) is 16.7 Å². The lowest BCUT2D eigenvalue weighted by Crippen LogP contribution is -2.10. The Hall–Kier alpha value is -0.0600. The molecule has 0 radical (unpaired) electrons. The van der Waals surface area contributed by atoms with Crippen molar-refractivity contribution >= 4 is 35.0 Å². The summed E-state index contributed by atoms with van der Waals surface area (Å²) in [7, 11) is 0. The van der Waals surface area contributed by atoms with E-state index < -0.39 is 5.51 Å². The van der Waals surface area contributed by atoms with Gasteiger partial charge in [-0.3, -0.25) is 0 Å². The second kappa shape index (κ2) is 7.51. The van der Waals surface area contributed by atoms with Crippen LogP contribution in [0.5, 0.6) is 0 Å². The molecule has 1 rings (SSSR count). The van der Waals surface area contributed by atoms with Gasteiger partial charge >= 0.3 is 5.51 Å². The van der Waals surface area contributed by atoms with E-state index in [1.165, 1.54) is 0 Å². The molecule has 1 unspecified atom stereocenters. The summed E-state index contributed by atoms with van der Waals surface area (Å²) in [6, 6.07) is 7.31. The van der Waals surface area contributed by atoms with E-state index in [9.17, 15) is 13.2 Å². The molecule has 1 aromatic carbocycles. The predicted molar refractivity (Wildman–Crippen MR) is 72.5 cm³/mol. The average Bonchev–Trinajstić information content (AvgIpc) is 2.26. The van der Waals surface area contributed by atoms with Crippen LogP contribution >= 0.6 is 35.0 Å². The second-order valence-corrected chi connectivity index (χ2v) is 5.84. The van der Waals surface area contributed by atoms with Crippen molar-refractivity contribution in [1.29, 1.82) is 0 Å². The number of alkyl halides is 4. The monoisotopic (exact) mass is 316 g/mol. The fourth-order valence-electron chi connectivity index (χ4n) is 1.57. The van der Waals surface area contributed by atoms with Crippen LogP contribution in [-0.4, -0.2) is 17.1 Å². The number of thioether (sulfide) groups is 1. The van der Waals surface area contributed by atoms with E-state index in [1.54, 1.807) is 6.07 Å². The Kier molecular flexibility index (Phi) is 6.67. The maximum Gasteiger partial charge on any atom is 0.441 e. The van der Waals surface area contributed by atoms with Crippen LogP contribution in [0.25, 0.3) is 0 Å². The summed E-state index contributed by atoms with van der Waals surface area (Å²) in [5.41, 5.74) is -3.16. The van der Waals surface area contributed by atoms with Crippen LogP contribution in [0, 0.1) is 5.92 Å². The molecule has 102 valence electrons. The minimum Gasteiger partial charge on any atom is -0.160 e. The molecule has 0 spiro atoms. The number of benzene rings is 1. The highest BCUT2D eigenvalue weighted by Gasteiger charge is 2.28. The summed E-state index contributed by atoms with van der Waals surface area (Å²) in [6.45, 7) is 0. The topological polar surface area (TPSA) is 0 Å². The standard InChI is InChI=1S/C12H13Cl2F3S/c13-8-10(4-5-18-12(15,16)17)6-9-2-1-3-11(14)7-9/h1-3,7,10H,4-6,8H2. The van der Waals surface area contributed by atoms with Gasteiger partial charge in [0.05, 0.1) is 0 Å². The molecule has 18 heavy (non-hydrogen) atoms. The molecule has 0 bridgehead atoms. The molecule has 0 saturated heterocycles. The number of rotatable bonds is 6. The summed E-state index contributed by atoms with van der Waals surface area (Å²) in [4.78, 5) is 0. The third kappa shape index (κ3) is 6.76. The zero-order chi connectivity index (χ0) is 13.6. The van der Waals surface area contributed by atoms with Gasteiger partial charge in [-0.15, -0.1) is 11.6 Å². The molecule has 1 atom stereocenters. The van der Waals surface area contributed by atoms with Crippen molar-refractivity contribution in [2.24, 2.45) is 5.92 Å². The van der Waals surface area contributed by atoms with Gasteiger partial charge in [-0.25, -0.2) is 0 Å². The maximum atomic E-state index is 12.0. The van der Waals surface area contributed by atoms with E-state index in [2.05, 4.69) is 0 Å².